The maximum absolute atomic E-state index is 12.6. The van der Waals surface area contributed by atoms with Gasteiger partial charge < -0.3 is 10.6 Å². The van der Waals surface area contributed by atoms with E-state index in [2.05, 4.69) is 15.6 Å². The summed E-state index contributed by atoms with van der Waals surface area (Å²) in [7, 11) is 0. The minimum absolute atomic E-state index is 0.0457. The third-order valence-corrected chi connectivity index (χ3v) is 4.60. The number of hydrogen-bond donors (Lipinski definition) is 2. The third-order valence-electron chi connectivity index (χ3n) is 3.69. The lowest BCUT2D eigenvalue weighted by molar-refractivity contribution is 0.0937. The van der Waals surface area contributed by atoms with E-state index >= 15 is 0 Å². The van der Waals surface area contributed by atoms with Gasteiger partial charge in [0.2, 0.25) is 0 Å². The zero-order valence-corrected chi connectivity index (χ0v) is 12.4. The van der Waals surface area contributed by atoms with Crippen LogP contribution in [0.2, 0.25) is 0 Å². The Kier molecular flexibility index (Phi) is 3.12. The molecule has 108 valence electrons. The van der Waals surface area contributed by atoms with E-state index < -0.39 is 0 Å². The second kappa shape index (κ2) is 5.27. The molecule has 1 atom stereocenters. The van der Waals surface area contributed by atoms with Gasteiger partial charge in [-0.3, -0.25) is 9.78 Å². The Morgan fingerprint density at radius 1 is 1.00 bits per heavy atom. The number of aromatic nitrogens is 1. The number of carbonyl (C=O) groups is 1. The average molecular weight is 307 g/mol. The van der Waals surface area contributed by atoms with Crippen molar-refractivity contribution in [2.45, 2.75) is 6.17 Å². The van der Waals surface area contributed by atoms with Crippen LogP contribution in [0.5, 0.6) is 0 Å². The van der Waals surface area contributed by atoms with Crippen LogP contribution >= 0.6 is 11.3 Å². The number of nitrogens with one attached hydrogen (secondary N) is 2. The van der Waals surface area contributed by atoms with Crippen LogP contribution in [0.25, 0.3) is 11.1 Å². The number of thiophene rings is 1. The van der Waals surface area contributed by atoms with Crippen molar-refractivity contribution in [3.05, 3.63) is 71.4 Å². The number of benzene rings is 1. The molecule has 0 saturated heterocycles. The summed E-state index contributed by atoms with van der Waals surface area (Å²) in [5, 5.41) is 9.34. The molecule has 2 aromatic heterocycles. The van der Waals surface area contributed by atoms with Crippen molar-refractivity contribution in [1.29, 1.82) is 0 Å². The molecule has 0 bridgehead atoms. The van der Waals surface area contributed by atoms with E-state index in [1.807, 2.05) is 47.8 Å². The van der Waals surface area contributed by atoms with Gasteiger partial charge >= 0.3 is 0 Å². The first-order valence-corrected chi connectivity index (χ1v) is 7.85. The minimum Gasteiger partial charge on any atom is -0.353 e. The van der Waals surface area contributed by atoms with Crippen LogP contribution in [0.1, 0.15) is 22.1 Å². The first-order chi connectivity index (χ1) is 10.8. The molecule has 3 aromatic rings. The molecule has 4 nitrogen and oxygen atoms in total. The van der Waals surface area contributed by atoms with Crippen molar-refractivity contribution in [2.75, 3.05) is 5.32 Å². The second-order valence-corrected chi connectivity index (χ2v) is 5.93. The number of amides is 1. The molecule has 1 amide bonds. The molecular formula is C17H13N3OS. The van der Waals surface area contributed by atoms with Crippen molar-refractivity contribution in [1.82, 2.24) is 10.3 Å². The largest absolute Gasteiger partial charge is 0.353 e. The zero-order chi connectivity index (χ0) is 14.9. The van der Waals surface area contributed by atoms with Crippen molar-refractivity contribution < 1.29 is 4.79 Å². The number of nitrogens with zero attached hydrogens (tertiary/aromatic N) is 1. The molecule has 4 rings (SSSR count). The maximum Gasteiger partial charge on any atom is 0.256 e. The van der Waals surface area contributed by atoms with E-state index in [0.717, 1.165) is 27.3 Å². The first kappa shape index (κ1) is 13.0. The number of anilines is 1. The van der Waals surface area contributed by atoms with E-state index in [0.29, 0.717) is 0 Å². The molecular weight excluding hydrogens is 294 g/mol. The molecule has 5 heteroatoms. The fourth-order valence-corrected chi connectivity index (χ4v) is 3.61. The van der Waals surface area contributed by atoms with Crippen LogP contribution < -0.4 is 10.6 Å². The van der Waals surface area contributed by atoms with Gasteiger partial charge in [-0.25, -0.2) is 0 Å². The van der Waals surface area contributed by atoms with Crippen LogP contribution in [0.15, 0.2) is 60.2 Å². The predicted molar refractivity (Wildman–Crippen MR) is 87.8 cm³/mol. The lowest BCUT2D eigenvalue weighted by Crippen LogP contribution is -2.37. The second-order valence-electron chi connectivity index (χ2n) is 5.05. The van der Waals surface area contributed by atoms with E-state index in [1.165, 1.54) is 0 Å². The summed E-state index contributed by atoms with van der Waals surface area (Å²) < 4.78 is 0. The van der Waals surface area contributed by atoms with Crippen molar-refractivity contribution in [2.24, 2.45) is 0 Å². The maximum atomic E-state index is 12.6. The van der Waals surface area contributed by atoms with Crippen molar-refractivity contribution in [3.8, 4) is 11.1 Å². The molecule has 0 saturated carbocycles. The molecule has 2 N–H and O–H groups in total. The zero-order valence-electron chi connectivity index (χ0n) is 11.6. The summed E-state index contributed by atoms with van der Waals surface area (Å²) in [5.41, 5.74) is 3.74. The monoisotopic (exact) mass is 307 g/mol. The molecule has 1 aromatic carbocycles. The van der Waals surface area contributed by atoms with E-state index in [9.17, 15) is 4.79 Å². The van der Waals surface area contributed by atoms with E-state index in [1.54, 1.807) is 23.7 Å². The molecule has 1 unspecified atom stereocenters. The first-order valence-electron chi connectivity index (χ1n) is 6.97. The normalized spacial score (nSPS) is 16.5. The summed E-state index contributed by atoms with van der Waals surface area (Å²) in [4.78, 5) is 16.6. The summed E-state index contributed by atoms with van der Waals surface area (Å²) in [6, 6.07) is 13.8. The molecule has 0 fully saturated rings. The Hall–Kier alpha value is -2.66. The van der Waals surface area contributed by atoms with Gasteiger partial charge in [0.25, 0.3) is 5.91 Å². The van der Waals surface area contributed by atoms with Crippen molar-refractivity contribution in [3.63, 3.8) is 0 Å². The third kappa shape index (κ3) is 2.16. The number of pyridine rings is 1. The predicted octanol–water partition coefficient (Wildman–Crippen LogP) is 3.66. The minimum atomic E-state index is -0.217. The van der Waals surface area contributed by atoms with Gasteiger partial charge in [0.05, 0.1) is 5.56 Å². The lowest BCUT2D eigenvalue weighted by atomic mass is 10.0. The highest BCUT2D eigenvalue weighted by Gasteiger charge is 2.29. The standard InChI is InChI=1S/C17H13N3OS/c21-16-14-13(11-4-2-1-3-5-11)10-22-17(14)20-15(19-16)12-6-8-18-9-7-12/h1-10,15,20H,(H,19,21). The fourth-order valence-electron chi connectivity index (χ4n) is 2.61. The van der Waals surface area contributed by atoms with Gasteiger partial charge in [-0.15, -0.1) is 11.3 Å². The summed E-state index contributed by atoms with van der Waals surface area (Å²) in [5.74, 6) is -0.0457. The summed E-state index contributed by atoms with van der Waals surface area (Å²) in [6.45, 7) is 0. The van der Waals surface area contributed by atoms with Gasteiger partial charge in [0, 0.05) is 23.3 Å². The Labute approximate surface area is 131 Å². The molecule has 1 aliphatic rings. The summed E-state index contributed by atoms with van der Waals surface area (Å²) >= 11 is 1.56. The van der Waals surface area contributed by atoms with Gasteiger partial charge in [0.1, 0.15) is 11.2 Å². The number of fused-ring (bicyclic) bond motifs is 1. The molecule has 0 spiro atoms. The van der Waals surface area contributed by atoms with Gasteiger partial charge in [-0.05, 0) is 23.3 Å². The summed E-state index contributed by atoms with van der Waals surface area (Å²) in [6.07, 6.45) is 3.23. The van der Waals surface area contributed by atoms with Gasteiger partial charge in [-0.2, -0.15) is 0 Å². The highest BCUT2D eigenvalue weighted by molar-refractivity contribution is 7.15. The van der Waals surface area contributed by atoms with E-state index in [4.69, 9.17) is 0 Å². The smallest absolute Gasteiger partial charge is 0.256 e. The Morgan fingerprint density at radius 2 is 1.77 bits per heavy atom. The molecule has 0 aliphatic carbocycles. The number of rotatable bonds is 2. The number of carbonyl (C=O) groups excluding carboxylic acids is 1. The van der Waals surface area contributed by atoms with Crippen molar-refractivity contribution >= 4 is 22.2 Å². The molecule has 22 heavy (non-hydrogen) atoms. The highest BCUT2D eigenvalue weighted by atomic mass is 32.1. The molecule has 3 heterocycles. The van der Waals surface area contributed by atoms with Crippen LogP contribution in [0.3, 0.4) is 0 Å². The van der Waals surface area contributed by atoms with Gasteiger partial charge in [-0.1, -0.05) is 30.3 Å². The van der Waals surface area contributed by atoms with Gasteiger partial charge in [0.15, 0.2) is 0 Å². The average Bonchev–Trinajstić information content (AvgIpc) is 3.01. The highest BCUT2D eigenvalue weighted by Crippen LogP contribution is 2.39. The number of hydrogen-bond acceptors (Lipinski definition) is 4. The van der Waals surface area contributed by atoms with E-state index in [-0.39, 0.29) is 12.1 Å². The van der Waals surface area contributed by atoms with Crippen LogP contribution in [0.4, 0.5) is 5.00 Å². The molecule has 1 aliphatic heterocycles. The quantitative estimate of drug-likeness (QED) is 0.759. The fraction of sp³-hybridized carbons (Fsp3) is 0.0588. The SMILES string of the molecule is O=C1NC(c2ccncc2)Nc2scc(-c3ccccc3)c21. The van der Waals surface area contributed by atoms with Crippen LogP contribution in [-0.2, 0) is 0 Å². The topological polar surface area (TPSA) is 54.0 Å². The Bertz CT molecular complexity index is 814. The van der Waals surface area contributed by atoms with Crippen LogP contribution in [0, 0.1) is 0 Å². The van der Waals surface area contributed by atoms with Crippen LogP contribution in [-0.4, -0.2) is 10.9 Å². The lowest BCUT2D eigenvalue weighted by Gasteiger charge is -2.26. The Balaban J connectivity index is 1.73. The molecule has 0 radical (unpaired) electrons. The Morgan fingerprint density at radius 3 is 2.55 bits per heavy atom.